The van der Waals surface area contributed by atoms with E-state index in [1.807, 2.05) is 0 Å². The fourth-order valence-corrected chi connectivity index (χ4v) is 1.62. The number of rotatable bonds is 4. The molecule has 18 heavy (non-hydrogen) atoms. The Morgan fingerprint density at radius 3 is 2.72 bits per heavy atom. The molecule has 1 heterocycles. The van der Waals surface area contributed by atoms with Gasteiger partial charge in [-0.3, -0.25) is 4.68 Å². The van der Waals surface area contributed by atoms with Crippen LogP contribution in [0.1, 0.15) is 16.1 Å². The number of hydrogen-bond donors (Lipinski definition) is 1. The highest BCUT2D eigenvalue weighted by atomic mass is 35.5. The minimum atomic E-state index is -1.02. The second-order valence-corrected chi connectivity index (χ2v) is 4.11. The molecule has 0 aliphatic carbocycles. The van der Waals surface area contributed by atoms with Crippen molar-refractivity contribution in [3.63, 3.8) is 0 Å². The van der Waals surface area contributed by atoms with Crippen molar-refractivity contribution in [3.05, 3.63) is 46.7 Å². The monoisotopic (exact) mass is 266 g/mol. The van der Waals surface area contributed by atoms with Crippen molar-refractivity contribution in [1.82, 2.24) is 9.78 Å². The molecule has 0 fully saturated rings. The summed E-state index contributed by atoms with van der Waals surface area (Å²) in [5.41, 5.74) is 0.656. The zero-order valence-electron chi connectivity index (χ0n) is 9.63. The summed E-state index contributed by atoms with van der Waals surface area (Å²) in [5.74, 6) is -0.394. The van der Waals surface area contributed by atoms with Crippen LogP contribution in [-0.4, -0.2) is 20.9 Å². The van der Waals surface area contributed by atoms with Gasteiger partial charge in [0.2, 0.25) is 0 Å². The smallest absolute Gasteiger partial charge is 0.339 e. The maximum Gasteiger partial charge on any atom is 0.339 e. The van der Waals surface area contributed by atoms with E-state index >= 15 is 0 Å². The van der Waals surface area contributed by atoms with Crippen molar-refractivity contribution >= 4 is 17.6 Å². The van der Waals surface area contributed by atoms with Gasteiger partial charge in [0, 0.05) is 12.1 Å². The Balaban J connectivity index is 2.12. The molecule has 2 aromatic rings. The molecule has 0 amide bonds. The van der Waals surface area contributed by atoms with Gasteiger partial charge in [0.15, 0.2) is 0 Å². The Morgan fingerprint density at radius 2 is 2.11 bits per heavy atom. The van der Waals surface area contributed by atoms with Gasteiger partial charge in [0.05, 0.1) is 11.9 Å². The third-order valence-electron chi connectivity index (χ3n) is 2.48. The molecule has 2 rings (SSSR count). The molecule has 0 saturated heterocycles. The summed E-state index contributed by atoms with van der Waals surface area (Å²) >= 11 is 5.76. The zero-order valence-corrected chi connectivity index (χ0v) is 10.4. The maximum absolute atomic E-state index is 11.0. The van der Waals surface area contributed by atoms with E-state index in [2.05, 4.69) is 5.10 Å². The van der Waals surface area contributed by atoms with Crippen molar-refractivity contribution < 1.29 is 14.6 Å². The van der Waals surface area contributed by atoms with Gasteiger partial charge in [-0.1, -0.05) is 11.6 Å². The molecule has 0 saturated carbocycles. The van der Waals surface area contributed by atoms with E-state index in [9.17, 15) is 4.79 Å². The second-order valence-electron chi connectivity index (χ2n) is 3.68. The van der Waals surface area contributed by atoms with Crippen molar-refractivity contribution in [2.24, 2.45) is 7.05 Å². The fourth-order valence-electron chi connectivity index (χ4n) is 1.50. The summed E-state index contributed by atoms with van der Waals surface area (Å²) in [7, 11) is 1.67. The summed E-state index contributed by atoms with van der Waals surface area (Å²) < 4.78 is 6.98. The molecule has 0 bridgehead atoms. The molecule has 5 nitrogen and oxygen atoms in total. The number of carboxylic acids is 1. The van der Waals surface area contributed by atoms with Crippen LogP contribution < -0.4 is 4.74 Å². The van der Waals surface area contributed by atoms with Crippen LogP contribution in [0.4, 0.5) is 0 Å². The first-order valence-corrected chi connectivity index (χ1v) is 5.58. The van der Waals surface area contributed by atoms with E-state index < -0.39 is 5.97 Å². The number of aromatic carboxylic acids is 1. The van der Waals surface area contributed by atoms with Crippen LogP contribution in [0.3, 0.4) is 0 Å². The van der Waals surface area contributed by atoms with Crippen molar-refractivity contribution in [2.45, 2.75) is 6.61 Å². The van der Waals surface area contributed by atoms with Gasteiger partial charge in [-0.25, -0.2) is 4.79 Å². The van der Waals surface area contributed by atoms with Crippen molar-refractivity contribution in [2.75, 3.05) is 0 Å². The Morgan fingerprint density at radius 1 is 1.44 bits per heavy atom. The van der Waals surface area contributed by atoms with Gasteiger partial charge in [-0.15, -0.1) is 0 Å². The summed E-state index contributed by atoms with van der Waals surface area (Å²) in [6.45, 7) is 0.139. The molecule has 0 radical (unpaired) electrons. The third-order valence-corrected chi connectivity index (χ3v) is 2.73. The van der Waals surface area contributed by atoms with E-state index in [-0.39, 0.29) is 12.2 Å². The Bertz CT molecular complexity index is 563. The van der Waals surface area contributed by atoms with E-state index in [1.165, 1.54) is 10.9 Å². The molecule has 0 atom stereocenters. The van der Waals surface area contributed by atoms with E-state index in [0.29, 0.717) is 16.5 Å². The molecule has 0 unspecified atom stereocenters. The van der Waals surface area contributed by atoms with Gasteiger partial charge in [0.1, 0.15) is 17.9 Å². The maximum atomic E-state index is 11.0. The highest BCUT2D eigenvalue weighted by molar-refractivity contribution is 6.30. The quantitative estimate of drug-likeness (QED) is 0.923. The largest absolute Gasteiger partial charge is 0.487 e. The first-order chi connectivity index (χ1) is 8.58. The topological polar surface area (TPSA) is 64.4 Å². The van der Waals surface area contributed by atoms with Crippen LogP contribution >= 0.6 is 11.6 Å². The number of carboxylic acid groups (broad SMARTS) is 1. The normalized spacial score (nSPS) is 10.3. The highest BCUT2D eigenvalue weighted by Crippen LogP contribution is 2.17. The number of hydrogen-bond acceptors (Lipinski definition) is 3. The number of benzene rings is 1. The number of aromatic nitrogens is 2. The number of halogens is 1. The Kier molecular flexibility index (Phi) is 3.53. The molecule has 1 aromatic heterocycles. The van der Waals surface area contributed by atoms with Gasteiger partial charge in [-0.05, 0) is 24.3 Å². The van der Waals surface area contributed by atoms with Crippen LogP contribution in [0.25, 0.3) is 0 Å². The first-order valence-electron chi connectivity index (χ1n) is 5.20. The SMILES string of the molecule is Cn1ncc(C(=O)O)c1COc1ccc(Cl)cc1. The molecule has 1 aromatic carbocycles. The van der Waals surface area contributed by atoms with Crippen LogP contribution in [0.15, 0.2) is 30.5 Å². The standard InChI is InChI=1S/C12H11ClN2O3/c1-15-11(10(6-14-15)12(16)17)7-18-9-4-2-8(13)3-5-9/h2-6H,7H2,1H3,(H,16,17). The lowest BCUT2D eigenvalue weighted by molar-refractivity contribution is 0.0693. The summed E-state index contributed by atoms with van der Waals surface area (Å²) in [6, 6.07) is 6.86. The molecule has 1 N–H and O–H groups in total. The lowest BCUT2D eigenvalue weighted by atomic mass is 10.2. The zero-order chi connectivity index (χ0) is 13.1. The van der Waals surface area contributed by atoms with E-state index in [4.69, 9.17) is 21.4 Å². The number of carbonyl (C=O) groups is 1. The lowest BCUT2D eigenvalue weighted by Gasteiger charge is -2.07. The minimum absolute atomic E-state index is 0.139. The van der Waals surface area contributed by atoms with E-state index in [0.717, 1.165) is 0 Å². The van der Waals surface area contributed by atoms with Crippen molar-refractivity contribution in [1.29, 1.82) is 0 Å². The summed E-state index contributed by atoms with van der Waals surface area (Å²) in [6.07, 6.45) is 1.31. The molecule has 94 valence electrons. The molecule has 0 spiro atoms. The summed E-state index contributed by atoms with van der Waals surface area (Å²) in [5, 5.41) is 13.5. The third kappa shape index (κ3) is 2.62. The van der Waals surface area contributed by atoms with Gasteiger partial charge < -0.3 is 9.84 Å². The number of ether oxygens (including phenoxy) is 1. The predicted octanol–water partition coefficient (Wildman–Crippen LogP) is 2.35. The molecule has 0 aliphatic heterocycles. The predicted molar refractivity (Wildman–Crippen MR) is 66.0 cm³/mol. The Labute approximate surface area is 109 Å². The van der Waals surface area contributed by atoms with Crippen LogP contribution in [0, 0.1) is 0 Å². The minimum Gasteiger partial charge on any atom is -0.487 e. The van der Waals surface area contributed by atoms with E-state index in [1.54, 1.807) is 31.3 Å². The second kappa shape index (κ2) is 5.10. The molecular formula is C12H11ClN2O3. The van der Waals surface area contributed by atoms with Gasteiger partial charge in [-0.2, -0.15) is 5.10 Å². The molecule has 0 aliphatic rings. The first kappa shape index (κ1) is 12.4. The average Bonchev–Trinajstić information content (AvgIpc) is 2.70. The number of nitrogens with zero attached hydrogens (tertiary/aromatic N) is 2. The molecule has 6 heteroatoms. The summed E-state index contributed by atoms with van der Waals surface area (Å²) in [4.78, 5) is 11.0. The average molecular weight is 267 g/mol. The van der Waals surface area contributed by atoms with Crippen LogP contribution in [0.5, 0.6) is 5.75 Å². The van der Waals surface area contributed by atoms with Crippen LogP contribution in [0.2, 0.25) is 5.02 Å². The van der Waals surface area contributed by atoms with Gasteiger partial charge in [0.25, 0.3) is 0 Å². The fraction of sp³-hybridized carbons (Fsp3) is 0.167. The van der Waals surface area contributed by atoms with Crippen LogP contribution in [-0.2, 0) is 13.7 Å². The van der Waals surface area contributed by atoms with Gasteiger partial charge >= 0.3 is 5.97 Å². The molecular weight excluding hydrogens is 256 g/mol. The Hall–Kier alpha value is -2.01. The highest BCUT2D eigenvalue weighted by Gasteiger charge is 2.15. The lowest BCUT2D eigenvalue weighted by Crippen LogP contribution is -2.08. The number of aryl methyl sites for hydroxylation is 1. The van der Waals surface area contributed by atoms with Crippen molar-refractivity contribution in [3.8, 4) is 5.75 Å².